The van der Waals surface area contributed by atoms with E-state index in [-0.39, 0.29) is 34.1 Å². The number of piperazine rings is 1. The molecule has 8 nitrogen and oxygen atoms in total. The van der Waals surface area contributed by atoms with Gasteiger partial charge in [-0.15, -0.1) is 0 Å². The first-order valence-electron chi connectivity index (χ1n) is 9.84. The van der Waals surface area contributed by atoms with Crippen LogP contribution in [-0.2, 0) is 10.0 Å². The van der Waals surface area contributed by atoms with Crippen LogP contribution in [0, 0.1) is 0 Å². The highest BCUT2D eigenvalue weighted by molar-refractivity contribution is 7.89. The molecule has 30 heavy (non-hydrogen) atoms. The number of amides is 2. The van der Waals surface area contributed by atoms with Gasteiger partial charge in [0.1, 0.15) is 5.75 Å². The topological polar surface area (TPSA) is 107 Å². The summed E-state index contributed by atoms with van der Waals surface area (Å²) in [6, 6.07) is 12.4. The van der Waals surface area contributed by atoms with E-state index in [2.05, 4.69) is 4.72 Å². The van der Waals surface area contributed by atoms with Crippen LogP contribution < -0.4 is 4.72 Å². The van der Waals surface area contributed by atoms with Gasteiger partial charge in [-0.25, -0.2) is 13.1 Å². The first-order chi connectivity index (χ1) is 14.3. The number of para-hydroxylation sites is 1. The van der Waals surface area contributed by atoms with Gasteiger partial charge in [-0.3, -0.25) is 9.59 Å². The van der Waals surface area contributed by atoms with Crippen LogP contribution in [0.1, 0.15) is 33.6 Å². The molecule has 1 saturated heterocycles. The highest BCUT2D eigenvalue weighted by atomic mass is 32.2. The van der Waals surface area contributed by atoms with Gasteiger partial charge in [0.05, 0.1) is 10.5 Å². The van der Waals surface area contributed by atoms with Crippen molar-refractivity contribution in [2.75, 3.05) is 26.2 Å². The number of hydrogen-bond acceptors (Lipinski definition) is 5. The van der Waals surface area contributed by atoms with Gasteiger partial charge in [0, 0.05) is 37.8 Å². The molecule has 2 aromatic rings. The fraction of sp³-hybridized carbons (Fsp3) is 0.333. The lowest BCUT2D eigenvalue weighted by atomic mass is 10.1. The summed E-state index contributed by atoms with van der Waals surface area (Å²) in [5.74, 6) is -0.619. The molecule has 4 rings (SSSR count). The lowest BCUT2D eigenvalue weighted by Gasteiger charge is -2.35. The molecule has 0 spiro atoms. The maximum atomic E-state index is 12.9. The van der Waals surface area contributed by atoms with Gasteiger partial charge >= 0.3 is 0 Å². The Labute approximate surface area is 175 Å². The Morgan fingerprint density at radius 1 is 0.900 bits per heavy atom. The third kappa shape index (κ3) is 4.31. The number of nitrogens with one attached hydrogen (secondary N) is 1. The summed E-state index contributed by atoms with van der Waals surface area (Å²) in [5, 5.41) is 9.88. The van der Waals surface area contributed by atoms with Gasteiger partial charge in [0.2, 0.25) is 10.0 Å². The highest BCUT2D eigenvalue weighted by Crippen LogP contribution is 2.23. The number of rotatable bonds is 5. The summed E-state index contributed by atoms with van der Waals surface area (Å²) in [6.07, 6.45) is 1.67. The summed E-state index contributed by atoms with van der Waals surface area (Å²) < 4.78 is 27.4. The Hall–Kier alpha value is -2.91. The van der Waals surface area contributed by atoms with E-state index in [9.17, 15) is 23.1 Å². The molecule has 0 aromatic heterocycles. The molecule has 1 heterocycles. The third-order valence-electron chi connectivity index (χ3n) is 5.28. The first-order valence-corrected chi connectivity index (χ1v) is 11.3. The third-order valence-corrected chi connectivity index (χ3v) is 6.80. The molecule has 9 heteroatoms. The Bertz CT molecular complexity index is 1070. The zero-order valence-corrected chi connectivity index (χ0v) is 17.1. The number of sulfonamides is 1. The Morgan fingerprint density at radius 3 is 2.17 bits per heavy atom. The van der Waals surface area contributed by atoms with Crippen molar-refractivity contribution >= 4 is 21.8 Å². The number of nitrogens with zero attached hydrogens (tertiary/aromatic N) is 2. The van der Waals surface area contributed by atoms with Crippen LogP contribution in [0.4, 0.5) is 0 Å². The Balaban J connectivity index is 1.41. The summed E-state index contributed by atoms with van der Waals surface area (Å²) in [7, 11) is -3.64. The van der Waals surface area contributed by atoms with Crippen LogP contribution in [0.3, 0.4) is 0 Å². The molecular formula is C21H23N3O5S. The number of carbonyl (C=O) groups excluding carboxylic acids is 2. The second kappa shape index (κ2) is 8.08. The van der Waals surface area contributed by atoms with Gasteiger partial charge in [0.25, 0.3) is 11.8 Å². The standard InChI is InChI=1S/C21H23N3O5S/c25-19-7-2-1-6-18(19)21(27)24-12-10-23(11-13-24)20(26)15-4-3-5-17(14-15)30(28,29)22-16-8-9-16/h1-7,14,16,22,25H,8-13H2. The summed E-state index contributed by atoms with van der Waals surface area (Å²) in [6.45, 7) is 1.32. The molecular weight excluding hydrogens is 406 g/mol. The van der Waals surface area contributed by atoms with E-state index < -0.39 is 10.0 Å². The zero-order chi connectivity index (χ0) is 21.3. The van der Waals surface area contributed by atoms with E-state index in [0.29, 0.717) is 31.7 Å². The number of hydrogen-bond donors (Lipinski definition) is 2. The van der Waals surface area contributed by atoms with E-state index in [1.807, 2.05) is 0 Å². The predicted octanol–water partition coefficient (Wildman–Crippen LogP) is 1.43. The van der Waals surface area contributed by atoms with Crippen LogP contribution in [0.25, 0.3) is 0 Å². The van der Waals surface area contributed by atoms with Crippen LogP contribution >= 0.6 is 0 Å². The first kappa shape index (κ1) is 20.4. The van der Waals surface area contributed by atoms with Crippen molar-refractivity contribution in [3.8, 4) is 5.75 Å². The van der Waals surface area contributed by atoms with E-state index in [4.69, 9.17) is 0 Å². The van der Waals surface area contributed by atoms with Crippen molar-refractivity contribution < 1.29 is 23.1 Å². The van der Waals surface area contributed by atoms with Crippen LogP contribution in [0.2, 0.25) is 0 Å². The minimum atomic E-state index is -3.64. The molecule has 0 bridgehead atoms. The predicted molar refractivity (Wildman–Crippen MR) is 110 cm³/mol. The molecule has 0 radical (unpaired) electrons. The van der Waals surface area contributed by atoms with Gasteiger partial charge in [-0.05, 0) is 43.2 Å². The number of phenolic OH excluding ortho intramolecular Hbond substituents is 1. The number of phenols is 1. The monoisotopic (exact) mass is 429 g/mol. The SMILES string of the molecule is O=C(c1cccc(S(=O)(=O)NC2CC2)c1)N1CCN(C(=O)c2ccccc2O)CC1. The molecule has 2 aliphatic rings. The smallest absolute Gasteiger partial charge is 0.257 e. The molecule has 1 aliphatic carbocycles. The van der Waals surface area contributed by atoms with Gasteiger partial charge < -0.3 is 14.9 Å². The minimum Gasteiger partial charge on any atom is -0.507 e. The second-order valence-corrected chi connectivity index (χ2v) is 9.24. The average molecular weight is 429 g/mol. The summed E-state index contributed by atoms with van der Waals surface area (Å²) in [5.41, 5.74) is 0.535. The molecule has 2 amide bonds. The molecule has 158 valence electrons. The van der Waals surface area contributed by atoms with E-state index in [0.717, 1.165) is 12.8 Å². The lowest BCUT2D eigenvalue weighted by molar-refractivity contribution is 0.0533. The lowest BCUT2D eigenvalue weighted by Crippen LogP contribution is -2.50. The molecule has 2 N–H and O–H groups in total. The molecule has 2 fully saturated rings. The van der Waals surface area contributed by atoms with E-state index in [1.54, 1.807) is 40.1 Å². The van der Waals surface area contributed by atoms with Crippen molar-refractivity contribution in [3.05, 3.63) is 59.7 Å². The fourth-order valence-corrected chi connectivity index (χ4v) is 4.76. The maximum absolute atomic E-state index is 12.9. The van der Waals surface area contributed by atoms with Crippen molar-refractivity contribution in [3.63, 3.8) is 0 Å². The van der Waals surface area contributed by atoms with Gasteiger partial charge in [0.15, 0.2) is 0 Å². The molecule has 1 saturated carbocycles. The number of aromatic hydroxyl groups is 1. The Kier molecular flexibility index (Phi) is 5.48. The second-order valence-electron chi connectivity index (χ2n) is 7.52. The van der Waals surface area contributed by atoms with Gasteiger partial charge in [-0.1, -0.05) is 18.2 Å². The van der Waals surface area contributed by atoms with Crippen molar-refractivity contribution in [2.24, 2.45) is 0 Å². The van der Waals surface area contributed by atoms with Crippen molar-refractivity contribution in [1.29, 1.82) is 0 Å². The molecule has 0 atom stereocenters. The minimum absolute atomic E-state index is 0.0102. The summed E-state index contributed by atoms with van der Waals surface area (Å²) in [4.78, 5) is 28.8. The average Bonchev–Trinajstić information content (AvgIpc) is 3.57. The van der Waals surface area contributed by atoms with E-state index in [1.165, 1.54) is 18.2 Å². The zero-order valence-electron chi connectivity index (χ0n) is 16.3. The van der Waals surface area contributed by atoms with Crippen molar-refractivity contribution in [1.82, 2.24) is 14.5 Å². The van der Waals surface area contributed by atoms with Crippen LogP contribution in [-0.4, -0.2) is 67.4 Å². The van der Waals surface area contributed by atoms with Crippen LogP contribution in [0.15, 0.2) is 53.4 Å². The fourth-order valence-electron chi connectivity index (χ4n) is 3.40. The molecule has 0 unspecified atom stereocenters. The summed E-state index contributed by atoms with van der Waals surface area (Å²) >= 11 is 0. The normalized spacial score (nSPS) is 17.1. The quantitative estimate of drug-likeness (QED) is 0.748. The van der Waals surface area contributed by atoms with E-state index >= 15 is 0 Å². The van der Waals surface area contributed by atoms with Crippen molar-refractivity contribution in [2.45, 2.75) is 23.8 Å². The highest BCUT2D eigenvalue weighted by Gasteiger charge is 2.30. The Morgan fingerprint density at radius 2 is 1.53 bits per heavy atom. The number of carbonyl (C=O) groups is 2. The number of benzene rings is 2. The maximum Gasteiger partial charge on any atom is 0.257 e. The largest absolute Gasteiger partial charge is 0.507 e. The van der Waals surface area contributed by atoms with Gasteiger partial charge in [-0.2, -0.15) is 0 Å². The molecule has 1 aliphatic heterocycles. The van der Waals surface area contributed by atoms with Crippen LogP contribution in [0.5, 0.6) is 5.75 Å². The molecule has 2 aromatic carbocycles.